The van der Waals surface area contributed by atoms with Gasteiger partial charge in [-0.15, -0.1) is 0 Å². The molecular weight excluding hydrogens is 222 g/mol. The van der Waals surface area contributed by atoms with Crippen LogP contribution in [0.1, 0.15) is 37.8 Å². The van der Waals surface area contributed by atoms with Crippen LogP contribution in [0.25, 0.3) is 0 Å². The van der Waals surface area contributed by atoms with Crippen LogP contribution in [0, 0.1) is 12.8 Å². The number of benzene rings is 1. The first-order valence-electron chi connectivity index (χ1n) is 7.00. The molecule has 2 heteroatoms. The van der Waals surface area contributed by atoms with Crippen LogP contribution >= 0.6 is 0 Å². The molecule has 1 aliphatic rings. The number of rotatable bonds is 5. The highest BCUT2D eigenvalue weighted by Crippen LogP contribution is 2.51. The first kappa shape index (κ1) is 13.4. The third kappa shape index (κ3) is 2.14. The second-order valence-corrected chi connectivity index (χ2v) is 5.58. The van der Waals surface area contributed by atoms with E-state index in [2.05, 4.69) is 44.3 Å². The molecule has 1 fully saturated rings. The van der Waals surface area contributed by atoms with E-state index < -0.39 is 0 Å². The Labute approximate surface area is 111 Å². The Balaban J connectivity index is 2.39. The van der Waals surface area contributed by atoms with E-state index in [0.29, 0.717) is 0 Å². The Hall–Kier alpha value is -1.02. The lowest BCUT2D eigenvalue weighted by Gasteiger charge is -2.49. The fraction of sp³-hybridized carbons (Fsp3) is 0.625. The zero-order valence-corrected chi connectivity index (χ0v) is 12.0. The van der Waals surface area contributed by atoms with E-state index >= 15 is 0 Å². The number of aryl methyl sites for hydroxylation is 1. The summed E-state index contributed by atoms with van der Waals surface area (Å²) >= 11 is 0. The minimum Gasteiger partial charge on any atom is -0.496 e. The number of hydrogen-bond acceptors (Lipinski definition) is 2. The van der Waals surface area contributed by atoms with Gasteiger partial charge in [0.05, 0.1) is 7.11 Å². The van der Waals surface area contributed by atoms with E-state index in [4.69, 9.17) is 4.74 Å². The van der Waals surface area contributed by atoms with Crippen LogP contribution in [-0.2, 0) is 5.41 Å². The van der Waals surface area contributed by atoms with E-state index in [1.54, 1.807) is 7.11 Å². The van der Waals surface area contributed by atoms with Crippen molar-refractivity contribution in [2.75, 3.05) is 20.2 Å². The van der Waals surface area contributed by atoms with Gasteiger partial charge in [0.15, 0.2) is 0 Å². The summed E-state index contributed by atoms with van der Waals surface area (Å²) in [6.07, 6.45) is 2.59. The first-order valence-corrected chi connectivity index (χ1v) is 7.00. The summed E-state index contributed by atoms with van der Waals surface area (Å²) in [6.45, 7) is 8.79. The van der Waals surface area contributed by atoms with E-state index in [-0.39, 0.29) is 5.41 Å². The maximum absolute atomic E-state index is 5.58. The highest BCUT2D eigenvalue weighted by Gasteiger charge is 2.46. The molecule has 18 heavy (non-hydrogen) atoms. The number of nitrogens with one attached hydrogen (secondary N) is 1. The Morgan fingerprint density at radius 1 is 1.44 bits per heavy atom. The van der Waals surface area contributed by atoms with E-state index in [1.165, 1.54) is 24.0 Å². The van der Waals surface area contributed by atoms with Crippen molar-refractivity contribution in [2.45, 2.75) is 39.0 Å². The van der Waals surface area contributed by atoms with Gasteiger partial charge in [-0.3, -0.25) is 0 Å². The van der Waals surface area contributed by atoms with Gasteiger partial charge < -0.3 is 10.1 Å². The normalized spacial score (nSPS) is 26.8. The minimum absolute atomic E-state index is 0.271. The Kier molecular flexibility index (Phi) is 3.96. The fourth-order valence-electron chi connectivity index (χ4n) is 3.10. The number of methoxy groups -OCH3 is 1. The van der Waals surface area contributed by atoms with E-state index in [0.717, 1.165) is 24.8 Å². The molecule has 0 saturated heterocycles. The Morgan fingerprint density at radius 2 is 2.22 bits per heavy atom. The molecule has 0 amide bonds. The molecule has 1 aromatic carbocycles. The molecule has 2 unspecified atom stereocenters. The van der Waals surface area contributed by atoms with Gasteiger partial charge in [0.1, 0.15) is 5.75 Å². The van der Waals surface area contributed by atoms with Crippen molar-refractivity contribution in [3.8, 4) is 5.75 Å². The zero-order chi connectivity index (χ0) is 13.2. The average Bonchev–Trinajstić information content (AvgIpc) is 2.38. The van der Waals surface area contributed by atoms with Crippen molar-refractivity contribution in [3.05, 3.63) is 29.3 Å². The zero-order valence-electron chi connectivity index (χ0n) is 12.0. The second kappa shape index (κ2) is 5.31. The van der Waals surface area contributed by atoms with Gasteiger partial charge >= 0.3 is 0 Å². The molecule has 0 aromatic heterocycles. The topological polar surface area (TPSA) is 21.3 Å². The standard InChI is InChI=1S/C16H25NO/c1-5-17-11-16(9-8-13(16)3)14-10-12(2)6-7-15(14)18-4/h6-7,10,13,17H,5,8-9,11H2,1-4H3. The van der Waals surface area contributed by atoms with Crippen molar-refractivity contribution >= 4 is 0 Å². The predicted molar refractivity (Wildman–Crippen MR) is 76.4 cm³/mol. The fourth-order valence-corrected chi connectivity index (χ4v) is 3.10. The van der Waals surface area contributed by atoms with Gasteiger partial charge in [-0.2, -0.15) is 0 Å². The number of ether oxygens (including phenoxy) is 1. The third-order valence-corrected chi connectivity index (χ3v) is 4.55. The third-order valence-electron chi connectivity index (χ3n) is 4.55. The van der Waals surface area contributed by atoms with E-state index in [9.17, 15) is 0 Å². The van der Waals surface area contributed by atoms with Gasteiger partial charge in [0.2, 0.25) is 0 Å². The highest BCUT2D eigenvalue weighted by atomic mass is 16.5. The minimum atomic E-state index is 0.271. The number of likely N-dealkylation sites (N-methyl/N-ethyl adjacent to an activating group) is 1. The number of hydrogen-bond donors (Lipinski definition) is 1. The molecule has 0 bridgehead atoms. The summed E-state index contributed by atoms with van der Waals surface area (Å²) in [7, 11) is 1.78. The van der Waals surface area contributed by atoms with Crippen LogP contribution in [0.4, 0.5) is 0 Å². The van der Waals surface area contributed by atoms with Gasteiger partial charge in [0, 0.05) is 17.5 Å². The second-order valence-electron chi connectivity index (χ2n) is 5.58. The van der Waals surface area contributed by atoms with Crippen LogP contribution in [0.2, 0.25) is 0 Å². The molecule has 100 valence electrons. The highest BCUT2D eigenvalue weighted by molar-refractivity contribution is 5.44. The Bertz CT molecular complexity index is 416. The summed E-state index contributed by atoms with van der Waals surface area (Å²) in [5.41, 5.74) is 2.98. The maximum atomic E-state index is 5.58. The monoisotopic (exact) mass is 247 g/mol. The molecule has 0 heterocycles. The largest absolute Gasteiger partial charge is 0.496 e. The quantitative estimate of drug-likeness (QED) is 0.862. The van der Waals surface area contributed by atoms with Crippen LogP contribution < -0.4 is 10.1 Å². The molecule has 0 spiro atoms. The summed E-state index contributed by atoms with van der Waals surface area (Å²) in [6, 6.07) is 6.56. The summed E-state index contributed by atoms with van der Waals surface area (Å²) < 4.78 is 5.58. The predicted octanol–water partition coefficient (Wildman–Crippen LogP) is 3.28. The lowest BCUT2D eigenvalue weighted by Crippen LogP contribution is -2.50. The summed E-state index contributed by atoms with van der Waals surface area (Å²) in [5.74, 6) is 1.78. The SMILES string of the molecule is CCNCC1(c2cc(C)ccc2OC)CCC1C. The van der Waals surface area contributed by atoms with Crippen molar-refractivity contribution in [1.29, 1.82) is 0 Å². The van der Waals surface area contributed by atoms with Gasteiger partial charge in [-0.1, -0.05) is 31.5 Å². The molecule has 1 aromatic rings. The van der Waals surface area contributed by atoms with Crippen LogP contribution in [0.3, 0.4) is 0 Å². The summed E-state index contributed by atoms with van der Waals surface area (Å²) in [5, 5.41) is 3.54. The van der Waals surface area contributed by atoms with Crippen molar-refractivity contribution in [1.82, 2.24) is 5.32 Å². The van der Waals surface area contributed by atoms with Crippen molar-refractivity contribution in [2.24, 2.45) is 5.92 Å². The van der Waals surface area contributed by atoms with Crippen LogP contribution in [0.5, 0.6) is 5.75 Å². The summed E-state index contributed by atoms with van der Waals surface area (Å²) in [4.78, 5) is 0. The molecule has 2 atom stereocenters. The molecule has 2 rings (SSSR count). The Morgan fingerprint density at radius 3 is 2.72 bits per heavy atom. The van der Waals surface area contributed by atoms with Crippen LogP contribution in [-0.4, -0.2) is 20.2 Å². The molecule has 0 aliphatic heterocycles. The smallest absolute Gasteiger partial charge is 0.122 e. The van der Waals surface area contributed by atoms with Gasteiger partial charge in [-0.05, 0) is 38.3 Å². The lowest BCUT2D eigenvalue weighted by molar-refractivity contribution is 0.131. The van der Waals surface area contributed by atoms with Gasteiger partial charge in [-0.25, -0.2) is 0 Å². The molecule has 2 nitrogen and oxygen atoms in total. The molecule has 1 saturated carbocycles. The molecular formula is C16H25NO. The molecule has 1 aliphatic carbocycles. The van der Waals surface area contributed by atoms with Crippen molar-refractivity contribution < 1.29 is 4.74 Å². The first-order chi connectivity index (χ1) is 8.64. The average molecular weight is 247 g/mol. The van der Waals surface area contributed by atoms with Gasteiger partial charge in [0.25, 0.3) is 0 Å². The molecule has 0 radical (unpaired) electrons. The van der Waals surface area contributed by atoms with Crippen LogP contribution in [0.15, 0.2) is 18.2 Å². The molecule has 1 N–H and O–H groups in total. The van der Waals surface area contributed by atoms with E-state index in [1.807, 2.05) is 0 Å². The maximum Gasteiger partial charge on any atom is 0.122 e. The lowest BCUT2D eigenvalue weighted by atomic mass is 9.57. The van der Waals surface area contributed by atoms with Crippen molar-refractivity contribution in [3.63, 3.8) is 0 Å².